The lowest BCUT2D eigenvalue weighted by Gasteiger charge is -2.59. The fourth-order valence-electron chi connectivity index (χ4n) is 8.31. The van der Waals surface area contributed by atoms with Crippen LogP contribution in [0.25, 0.3) is 0 Å². The predicted octanol–water partition coefficient (Wildman–Crippen LogP) is 5.98. The minimum absolute atomic E-state index is 0.110. The Labute approximate surface area is 202 Å². The van der Waals surface area contributed by atoms with Crippen molar-refractivity contribution in [2.24, 2.45) is 34.5 Å². The van der Waals surface area contributed by atoms with Crippen molar-refractivity contribution in [3.63, 3.8) is 0 Å². The summed E-state index contributed by atoms with van der Waals surface area (Å²) in [4.78, 5) is 32.8. The van der Waals surface area contributed by atoms with Gasteiger partial charge < -0.3 is 10.2 Å². The van der Waals surface area contributed by atoms with Crippen LogP contribution in [0.4, 0.5) is 5.69 Å². The molecule has 1 aromatic heterocycles. The van der Waals surface area contributed by atoms with Crippen molar-refractivity contribution < 1.29 is 9.59 Å². The van der Waals surface area contributed by atoms with Crippen LogP contribution in [0.5, 0.6) is 0 Å². The van der Waals surface area contributed by atoms with Crippen LogP contribution in [0.15, 0.2) is 23.5 Å². The Bertz CT molecular complexity index is 1050. The van der Waals surface area contributed by atoms with E-state index in [1.54, 1.807) is 24.1 Å². The van der Waals surface area contributed by atoms with Crippen LogP contribution in [0.3, 0.4) is 0 Å². The van der Waals surface area contributed by atoms with Crippen LogP contribution in [0, 0.1) is 41.4 Å². The van der Waals surface area contributed by atoms with Gasteiger partial charge in [-0.25, -0.2) is 0 Å². The number of aromatic nitrogens is 1. The second-order valence-corrected chi connectivity index (χ2v) is 12.0. The number of hydrogen-bond acceptors (Lipinski definition) is 3. The first-order valence-corrected chi connectivity index (χ1v) is 12.8. The molecule has 1 aromatic rings. The standard InChI is InChI=1S/C27H36ClN3O2/c1-15-13-17-19-7-6-10-26(19,3)11-8-20(17)27(4)14-18(25(33)31(5)23(15)27)24(32)30-21-9-12-29-16(2)22(21)28/h9,12,17-20H,6-8,10-11,13-14H2,1-5H3,(H,29,30,32)/t17-,18?,19-,20+,26-,27+/m0/s1. The van der Waals surface area contributed by atoms with Crippen molar-refractivity contribution >= 4 is 29.1 Å². The number of piperidine rings is 1. The summed E-state index contributed by atoms with van der Waals surface area (Å²) in [6.07, 6.45) is 9.77. The van der Waals surface area contributed by atoms with Gasteiger partial charge in [0.25, 0.3) is 0 Å². The number of rotatable bonds is 2. The molecule has 5 rings (SSSR count). The number of anilines is 1. The number of pyridine rings is 1. The van der Waals surface area contributed by atoms with Gasteiger partial charge in [-0.05, 0) is 81.6 Å². The third kappa shape index (κ3) is 3.37. The Hall–Kier alpha value is -1.88. The zero-order chi connectivity index (χ0) is 23.7. The molecule has 4 aliphatic rings. The molecule has 2 saturated carbocycles. The van der Waals surface area contributed by atoms with Gasteiger partial charge in [-0.3, -0.25) is 14.6 Å². The largest absolute Gasteiger partial charge is 0.324 e. The molecule has 0 aromatic carbocycles. The van der Waals surface area contributed by atoms with Gasteiger partial charge in [-0.2, -0.15) is 0 Å². The van der Waals surface area contributed by atoms with E-state index in [4.69, 9.17) is 11.6 Å². The summed E-state index contributed by atoms with van der Waals surface area (Å²) in [5.74, 6) is 0.852. The minimum Gasteiger partial charge on any atom is -0.324 e. The average molecular weight is 470 g/mol. The summed E-state index contributed by atoms with van der Waals surface area (Å²) in [7, 11) is 1.87. The van der Waals surface area contributed by atoms with E-state index in [1.165, 1.54) is 43.4 Å². The molecule has 5 nitrogen and oxygen atoms in total. The Kier molecular flexibility index (Phi) is 5.43. The molecular formula is C27H36ClN3O2. The smallest absolute Gasteiger partial charge is 0.239 e. The molecule has 1 aliphatic heterocycles. The Morgan fingerprint density at radius 1 is 1.21 bits per heavy atom. The molecule has 1 saturated heterocycles. The zero-order valence-electron chi connectivity index (χ0n) is 20.5. The lowest BCUT2D eigenvalue weighted by Crippen LogP contribution is -2.57. The average Bonchev–Trinajstić information content (AvgIpc) is 3.16. The van der Waals surface area contributed by atoms with Crippen molar-refractivity contribution in [1.29, 1.82) is 0 Å². The molecule has 3 aliphatic carbocycles. The third-order valence-electron chi connectivity index (χ3n) is 9.75. The van der Waals surface area contributed by atoms with E-state index in [0.717, 1.165) is 12.3 Å². The zero-order valence-corrected chi connectivity index (χ0v) is 21.3. The molecule has 0 radical (unpaired) electrons. The minimum atomic E-state index is -0.711. The van der Waals surface area contributed by atoms with Crippen LogP contribution in [0.2, 0.25) is 5.02 Å². The molecule has 0 bridgehead atoms. The van der Waals surface area contributed by atoms with E-state index in [1.807, 2.05) is 7.05 Å². The molecule has 178 valence electrons. The lowest BCUT2D eigenvalue weighted by molar-refractivity contribution is -0.147. The molecule has 2 amide bonds. The molecular weight excluding hydrogens is 434 g/mol. The van der Waals surface area contributed by atoms with E-state index in [9.17, 15) is 9.59 Å². The number of amides is 2. The summed E-state index contributed by atoms with van der Waals surface area (Å²) in [6, 6.07) is 1.69. The van der Waals surface area contributed by atoms with E-state index < -0.39 is 5.92 Å². The summed E-state index contributed by atoms with van der Waals surface area (Å²) in [5, 5.41) is 3.36. The highest BCUT2D eigenvalue weighted by molar-refractivity contribution is 6.34. The summed E-state index contributed by atoms with van der Waals surface area (Å²) >= 11 is 6.37. The Morgan fingerprint density at radius 3 is 2.73 bits per heavy atom. The first-order chi connectivity index (χ1) is 15.6. The van der Waals surface area contributed by atoms with E-state index in [2.05, 4.69) is 31.1 Å². The van der Waals surface area contributed by atoms with Gasteiger partial charge in [0.05, 0.1) is 16.4 Å². The number of carbonyl (C=O) groups is 2. The molecule has 33 heavy (non-hydrogen) atoms. The van der Waals surface area contributed by atoms with Crippen molar-refractivity contribution in [2.45, 2.75) is 72.6 Å². The SMILES string of the molecule is CC1=C2N(C)C(=O)C(C(=O)Nc3ccnc(C)c3Cl)C[C@]2(C)[C@@H]2CC[C@]3(C)CCC[C@H]3[C@@H]2C1. The van der Waals surface area contributed by atoms with Crippen LogP contribution >= 0.6 is 11.6 Å². The first-order valence-electron chi connectivity index (χ1n) is 12.5. The highest BCUT2D eigenvalue weighted by Gasteiger charge is 2.60. The van der Waals surface area contributed by atoms with Gasteiger partial charge in [0.15, 0.2) is 0 Å². The Morgan fingerprint density at radius 2 is 1.97 bits per heavy atom. The molecule has 3 fully saturated rings. The van der Waals surface area contributed by atoms with Crippen LogP contribution in [0.1, 0.15) is 71.4 Å². The molecule has 2 heterocycles. The van der Waals surface area contributed by atoms with Crippen LogP contribution < -0.4 is 5.32 Å². The number of allylic oxidation sites excluding steroid dienone is 2. The maximum Gasteiger partial charge on any atom is 0.239 e. The van der Waals surface area contributed by atoms with Gasteiger partial charge in [0, 0.05) is 24.4 Å². The fourth-order valence-corrected chi connectivity index (χ4v) is 8.47. The van der Waals surface area contributed by atoms with Crippen molar-refractivity contribution in [2.75, 3.05) is 12.4 Å². The molecule has 6 atom stereocenters. The Balaban J connectivity index is 1.48. The predicted molar refractivity (Wildman–Crippen MR) is 131 cm³/mol. The maximum absolute atomic E-state index is 13.4. The number of hydrogen-bond donors (Lipinski definition) is 1. The maximum atomic E-state index is 13.4. The topological polar surface area (TPSA) is 62.3 Å². The number of fused-ring (bicyclic) bond motifs is 5. The number of nitrogens with one attached hydrogen (secondary N) is 1. The summed E-state index contributed by atoms with van der Waals surface area (Å²) in [5.41, 5.74) is 4.01. The number of halogens is 1. The monoisotopic (exact) mass is 469 g/mol. The quantitative estimate of drug-likeness (QED) is 0.542. The summed E-state index contributed by atoms with van der Waals surface area (Å²) in [6.45, 7) is 8.85. The van der Waals surface area contributed by atoms with Crippen molar-refractivity contribution in [1.82, 2.24) is 9.88 Å². The second kappa shape index (κ2) is 7.83. The van der Waals surface area contributed by atoms with Gasteiger partial charge in [-0.15, -0.1) is 0 Å². The van der Waals surface area contributed by atoms with E-state index in [0.29, 0.717) is 40.1 Å². The molecule has 0 spiro atoms. The highest BCUT2D eigenvalue weighted by Crippen LogP contribution is 2.65. The van der Waals surface area contributed by atoms with Gasteiger partial charge in [0.1, 0.15) is 5.92 Å². The normalized spacial score (nSPS) is 38.0. The van der Waals surface area contributed by atoms with E-state index in [-0.39, 0.29) is 17.2 Å². The fraction of sp³-hybridized carbons (Fsp3) is 0.667. The summed E-state index contributed by atoms with van der Waals surface area (Å²) < 4.78 is 0. The number of aryl methyl sites for hydroxylation is 1. The number of nitrogens with zero attached hydrogens (tertiary/aromatic N) is 2. The number of likely N-dealkylation sites (tertiary alicyclic amines) is 1. The van der Waals surface area contributed by atoms with E-state index >= 15 is 0 Å². The molecule has 1 unspecified atom stereocenters. The van der Waals surface area contributed by atoms with Gasteiger partial charge in [-0.1, -0.05) is 37.4 Å². The van der Waals surface area contributed by atoms with Crippen LogP contribution in [-0.4, -0.2) is 28.7 Å². The first kappa shape index (κ1) is 22.9. The second-order valence-electron chi connectivity index (χ2n) is 11.6. The van der Waals surface area contributed by atoms with Crippen LogP contribution in [-0.2, 0) is 9.59 Å². The molecule has 1 N–H and O–H groups in total. The van der Waals surface area contributed by atoms with Crippen molar-refractivity contribution in [3.8, 4) is 0 Å². The van der Waals surface area contributed by atoms with Gasteiger partial charge in [0.2, 0.25) is 11.8 Å². The van der Waals surface area contributed by atoms with Gasteiger partial charge >= 0.3 is 0 Å². The third-order valence-corrected chi connectivity index (χ3v) is 10.2. The number of carbonyl (C=O) groups excluding carboxylic acids is 2. The molecule has 6 heteroatoms. The highest BCUT2D eigenvalue weighted by atomic mass is 35.5. The van der Waals surface area contributed by atoms with Crippen molar-refractivity contribution in [3.05, 3.63) is 34.2 Å². The lowest BCUT2D eigenvalue weighted by atomic mass is 9.48.